The van der Waals surface area contributed by atoms with Crippen molar-refractivity contribution in [2.75, 3.05) is 5.32 Å². The van der Waals surface area contributed by atoms with Gasteiger partial charge in [-0.3, -0.25) is 10.1 Å². The molecule has 4 rings (SSSR count). The largest absolute Gasteiger partial charge is 0.451 e. The van der Waals surface area contributed by atoms with E-state index >= 15 is 0 Å². The molecule has 3 aromatic heterocycles. The summed E-state index contributed by atoms with van der Waals surface area (Å²) in [6.07, 6.45) is 1.48. The van der Waals surface area contributed by atoms with Crippen LogP contribution < -0.4 is 5.32 Å². The first-order valence-corrected chi connectivity index (χ1v) is 7.00. The van der Waals surface area contributed by atoms with Gasteiger partial charge in [-0.05, 0) is 13.0 Å². The Morgan fingerprint density at radius 3 is 3.05 bits per heavy atom. The standard InChI is InChI=1S/C13H9N5O2S/c1-7-8-4-2-3-5-9(8)20-10(7)11(19)15-12-17-18-6-14-16-13(18)21-12/h2-6H,1H3,(H,15,17,19). The van der Waals surface area contributed by atoms with E-state index in [1.54, 1.807) is 0 Å². The number of anilines is 1. The fraction of sp³-hybridized carbons (Fsp3) is 0.0769. The summed E-state index contributed by atoms with van der Waals surface area (Å²) in [6, 6.07) is 7.54. The Morgan fingerprint density at radius 2 is 2.24 bits per heavy atom. The van der Waals surface area contributed by atoms with E-state index in [-0.39, 0.29) is 5.91 Å². The molecule has 21 heavy (non-hydrogen) atoms. The number of hydrogen-bond donors (Lipinski definition) is 1. The molecule has 0 aliphatic carbocycles. The molecule has 0 spiro atoms. The lowest BCUT2D eigenvalue weighted by molar-refractivity contribution is 0.0998. The summed E-state index contributed by atoms with van der Waals surface area (Å²) in [5.74, 6) is -0.0316. The monoisotopic (exact) mass is 299 g/mol. The SMILES string of the molecule is Cc1c(C(=O)Nc2nn3cnnc3s2)oc2ccccc12. The highest BCUT2D eigenvalue weighted by Crippen LogP contribution is 2.26. The minimum absolute atomic E-state index is 0.294. The van der Waals surface area contributed by atoms with Crippen LogP contribution in [0.4, 0.5) is 5.13 Å². The topological polar surface area (TPSA) is 85.3 Å². The number of amides is 1. The number of benzene rings is 1. The van der Waals surface area contributed by atoms with Gasteiger partial charge in [0.25, 0.3) is 5.91 Å². The predicted molar refractivity (Wildman–Crippen MR) is 77.6 cm³/mol. The molecule has 3 heterocycles. The molecular weight excluding hydrogens is 290 g/mol. The van der Waals surface area contributed by atoms with Crippen molar-refractivity contribution in [3.8, 4) is 0 Å². The van der Waals surface area contributed by atoms with E-state index < -0.39 is 0 Å². The second kappa shape index (κ2) is 4.38. The van der Waals surface area contributed by atoms with E-state index in [4.69, 9.17) is 4.42 Å². The first-order valence-electron chi connectivity index (χ1n) is 6.19. The van der Waals surface area contributed by atoms with Crippen molar-refractivity contribution in [3.63, 3.8) is 0 Å². The quantitative estimate of drug-likeness (QED) is 0.614. The minimum atomic E-state index is -0.325. The molecule has 0 saturated carbocycles. The van der Waals surface area contributed by atoms with Crippen molar-refractivity contribution in [1.82, 2.24) is 19.8 Å². The second-order valence-corrected chi connectivity index (χ2v) is 5.43. The number of carbonyl (C=O) groups excluding carboxylic acids is 1. The first kappa shape index (κ1) is 12.0. The highest BCUT2D eigenvalue weighted by Gasteiger charge is 2.19. The van der Waals surface area contributed by atoms with Crippen molar-refractivity contribution < 1.29 is 9.21 Å². The van der Waals surface area contributed by atoms with E-state index in [9.17, 15) is 4.79 Å². The van der Waals surface area contributed by atoms with Crippen molar-refractivity contribution in [1.29, 1.82) is 0 Å². The third-order valence-electron chi connectivity index (χ3n) is 3.16. The minimum Gasteiger partial charge on any atom is -0.451 e. The van der Waals surface area contributed by atoms with Gasteiger partial charge >= 0.3 is 0 Å². The van der Waals surface area contributed by atoms with E-state index in [0.717, 1.165) is 10.9 Å². The molecule has 7 nitrogen and oxygen atoms in total. The summed E-state index contributed by atoms with van der Waals surface area (Å²) >= 11 is 1.24. The van der Waals surface area contributed by atoms with Gasteiger partial charge in [0.05, 0.1) is 0 Å². The Morgan fingerprint density at radius 1 is 1.38 bits per heavy atom. The van der Waals surface area contributed by atoms with Crippen LogP contribution in [0, 0.1) is 6.92 Å². The van der Waals surface area contributed by atoms with Crippen LogP contribution in [0.25, 0.3) is 15.9 Å². The summed E-state index contributed by atoms with van der Waals surface area (Å²) in [7, 11) is 0. The number of hydrogen-bond acceptors (Lipinski definition) is 6. The number of nitrogens with zero attached hydrogens (tertiary/aromatic N) is 4. The molecule has 1 N–H and O–H groups in total. The van der Waals surface area contributed by atoms with Crippen LogP contribution in [0.3, 0.4) is 0 Å². The number of aromatic nitrogens is 4. The van der Waals surface area contributed by atoms with E-state index in [2.05, 4.69) is 20.6 Å². The maximum absolute atomic E-state index is 12.3. The Balaban J connectivity index is 1.69. The fourth-order valence-electron chi connectivity index (χ4n) is 2.16. The highest BCUT2D eigenvalue weighted by atomic mass is 32.1. The number of fused-ring (bicyclic) bond motifs is 2. The summed E-state index contributed by atoms with van der Waals surface area (Å²) in [6.45, 7) is 1.86. The van der Waals surface area contributed by atoms with Gasteiger partial charge in [0, 0.05) is 10.9 Å². The molecule has 0 bridgehead atoms. The van der Waals surface area contributed by atoms with Crippen LogP contribution in [0.1, 0.15) is 16.1 Å². The molecule has 104 valence electrons. The van der Waals surface area contributed by atoms with Gasteiger partial charge in [0.1, 0.15) is 11.9 Å². The van der Waals surface area contributed by atoms with Gasteiger partial charge < -0.3 is 4.42 Å². The first-order chi connectivity index (χ1) is 10.2. The number of aryl methyl sites for hydroxylation is 1. The Labute approximate surface area is 122 Å². The third kappa shape index (κ3) is 1.88. The lowest BCUT2D eigenvalue weighted by atomic mass is 10.1. The van der Waals surface area contributed by atoms with Gasteiger partial charge in [-0.2, -0.15) is 4.52 Å². The summed E-state index contributed by atoms with van der Waals surface area (Å²) in [5, 5.41) is 15.8. The Kier molecular flexibility index (Phi) is 2.51. The van der Waals surface area contributed by atoms with Crippen molar-refractivity contribution in [2.45, 2.75) is 6.92 Å². The van der Waals surface area contributed by atoms with Gasteiger partial charge in [-0.15, -0.1) is 15.3 Å². The van der Waals surface area contributed by atoms with Crippen LogP contribution in [0.5, 0.6) is 0 Å². The molecule has 0 unspecified atom stereocenters. The predicted octanol–water partition coefficient (Wildman–Crippen LogP) is 2.49. The second-order valence-electron chi connectivity index (χ2n) is 4.47. The normalized spacial score (nSPS) is 11.3. The third-order valence-corrected chi connectivity index (χ3v) is 3.99. The zero-order chi connectivity index (χ0) is 14.4. The van der Waals surface area contributed by atoms with Crippen LogP contribution in [0.2, 0.25) is 0 Å². The fourth-order valence-corrected chi connectivity index (χ4v) is 2.87. The smallest absolute Gasteiger partial charge is 0.293 e. The van der Waals surface area contributed by atoms with Gasteiger partial charge in [0.2, 0.25) is 10.1 Å². The molecule has 0 saturated heterocycles. The maximum atomic E-state index is 12.3. The van der Waals surface area contributed by atoms with Gasteiger partial charge in [-0.1, -0.05) is 29.5 Å². The van der Waals surface area contributed by atoms with Crippen LogP contribution in [0.15, 0.2) is 35.0 Å². The van der Waals surface area contributed by atoms with Crippen LogP contribution in [-0.2, 0) is 0 Å². The molecule has 0 radical (unpaired) electrons. The lowest BCUT2D eigenvalue weighted by Gasteiger charge is -1.98. The molecule has 1 amide bonds. The summed E-state index contributed by atoms with van der Waals surface area (Å²) in [4.78, 5) is 12.9. The number of rotatable bonds is 2. The molecule has 0 atom stereocenters. The zero-order valence-corrected chi connectivity index (χ0v) is 11.7. The summed E-state index contributed by atoms with van der Waals surface area (Å²) < 4.78 is 7.12. The molecule has 4 aromatic rings. The van der Waals surface area contributed by atoms with Crippen LogP contribution >= 0.6 is 11.3 Å². The molecule has 8 heteroatoms. The van der Waals surface area contributed by atoms with Crippen molar-refractivity contribution >= 4 is 38.3 Å². The maximum Gasteiger partial charge on any atom is 0.293 e. The van der Waals surface area contributed by atoms with E-state index in [1.165, 1.54) is 22.2 Å². The molecule has 0 aliphatic rings. The van der Waals surface area contributed by atoms with Gasteiger partial charge in [0.15, 0.2) is 5.76 Å². The highest BCUT2D eigenvalue weighted by molar-refractivity contribution is 7.20. The molecule has 1 aromatic carbocycles. The Hall–Kier alpha value is -2.74. The summed E-state index contributed by atoms with van der Waals surface area (Å²) in [5.41, 5.74) is 1.50. The average Bonchev–Trinajstić information content (AvgIpc) is 3.13. The molecule has 0 fully saturated rings. The number of furan rings is 1. The lowest BCUT2D eigenvalue weighted by Crippen LogP contribution is -2.12. The number of carbonyl (C=O) groups is 1. The van der Waals surface area contributed by atoms with Gasteiger partial charge in [-0.25, -0.2) is 0 Å². The van der Waals surface area contributed by atoms with Crippen molar-refractivity contribution in [2.24, 2.45) is 0 Å². The van der Waals surface area contributed by atoms with Crippen LogP contribution in [-0.4, -0.2) is 25.7 Å². The molecular formula is C13H9N5O2S. The van der Waals surface area contributed by atoms with E-state index in [1.807, 2.05) is 31.2 Å². The molecule has 0 aliphatic heterocycles. The Bertz CT molecular complexity index is 939. The van der Waals surface area contributed by atoms with Crippen molar-refractivity contribution in [3.05, 3.63) is 41.9 Å². The van der Waals surface area contributed by atoms with E-state index in [0.29, 0.717) is 21.4 Å². The average molecular weight is 299 g/mol. The number of nitrogens with one attached hydrogen (secondary N) is 1. The zero-order valence-electron chi connectivity index (χ0n) is 10.9. The number of para-hydroxylation sites is 1.